The van der Waals surface area contributed by atoms with E-state index >= 15 is 0 Å². The van der Waals surface area contributed by atoms with E-state index < -0.39 is 7.58 Å². The summed E-state index contributed by atoms with van der Waals surface area (Å²) >= 11 is 4.40. The lowest BCUT2D eigenvalue weighted by Crippen LogP contribution is -2.35. The van der Waals surface area contributed by atoms with Crippen LogP contribution in [0, 0.1) is 0 Å². The van der Waals surface area contributed by atoms with E-state index in [1.54, 1.807) is 0 Å². The molecule has 0 aromatic carbocycles. The van der Waals surface area contributed by atoms with E-state index in [2.05, 4.69) is 33.0 Å². The Bertz CT molecular complexity index is 242. The smallest absolute Gasteiger partial charge is 0.235 e. The predicted molar refractivity (Wildman–Crippen MR) is 113 cm³/mol. The molecule has 0 amide bonds. The van der Waals surface area contributed by atoms with E-state index in [0.29, 0.717) is 18.2 Å². The quantitative estimate of drug-likeness (QED) is 0.188. The topological polar surface area (TPSA) is 58.9 Å². The van der Waals surface area contributed by atoms with Crippen LogP contribution in [-0.2, 0) is 9.05 Å². The molecule has 1 rings (SSSR count). The maximum Gasteiger partial charge on any atom is 0.235 e. The van der Waals surface area contributed by atoms with Gasteiger partial charge in [0.25, 0.3) is 0 Å². The summed E-state index contributed by atoms with van der Waals surface area (Å²) in [6.45, 7) is 11.3. The van der Waals surface area contributed by atoms with Gasteiger partial charge in [0.2, 0.25) is 7.58 Å². The summed E-state index contributed by atoms with van der Waals surface area (Å²) in [5.41, 5.74) is 0. The summed E-state index contributed by atoms with van der Waals surface area (Å²) in [7, 11) is 10.1. The number of rotatable bonds is 7. The second-order valence-corrected chi connectivity index (χ2v) is 9.74. The standard InChI is InChI=1S/C10H20BO2PS3.C2H6.2CH4O/c1-8-9(10(2,3)17-16-8)13-14(15)12-7-5-4-6-11;3*1-2/h8-9,15H,4-7H2,1-3H3;1-2H3;2*2H,1H3. The van der Waals surface area contributed by atoms with E-state index in [1.165, 1.54) is 0 Å². The van der Waals surface area contributed by atoms with E-state index in [1.807, 2.05) is 35.4 Å². The SMILES string of the molecule is CC.CO.CO.[B]CCCCOP(S)OC1C(C)SSC1(C)C. The van der Waals surface area contributed by atoms with Crippen molar-refractivity contribution in [2.75, 3.05) is 20.8 Å². The minimum atomic E-state index is -1.07. The molecule has 1 aliphatic heterocycles. The highest BCUT2D eigenvalue weighted by atomic mass is 33.1. The Morgan fingerprint density at radius 3 is 2.09 bits per heavy atom. The van der Waals surface area contributed by atoms with Crippen LogP contribution in [0.15, 0.2) is 0 Å². The lowest BCUT2D eigenvalue weighted by atomic mass is 10.0. The predicted octanol–water partition coefficient (Wildman–Crippen LogP) is 4.72. The third-order valence-electron chi connectivity index (χ3n) is 2.53. The first kappa shape index (κ1) is 29.2. The number of aliphatic hydroxyl groups is 2. The van der Waals surface area contributed by atoms with Gasteiger partial charge in [-0.1, -0.05) is 60.4 Å². The maximum absolute atomic E-state index is 7.00. The highest BCUT2D eigenvalue weighted by Gasteiger charge is 2.43. The van der Waals surface area contributed by atoms with Crippen LogP contribution in [0.25, 0.3) is 0 Å². The molecule has 140 valence electrons. The zero-order chi connectivity index (χ0) is 18.9. The van der Waals surface area contributed by atoms with Gasteiger partial charge in [0.15, 0.2) is 0 Å². The molecule has 0 saturated carbocycles. The molecule has 1 saturated heterocycles. The summed E-state index contributed by atoms with van der Waals surface area (Å²) < 4.78 is 11.7. The fraction of sp³-hybridized carbons (Fsp3) is 1.00. The molecule has 3 atom stereocenters. The molecule has 3 unspecified atom stereocenters. The largest absolute Gasteiger partial charge is 0.400 e. The van der Waals surface area contributed by atoms with Crippen LogP contribution in [0.4, 0.5) is 0 Å². The van der Waals surface area contributed by atoms with Gasteiger partial charge in [-0.3, -0.25) is 0 Å². The molecule has 23 heavy (non-hydrogen) atoms. The molecule has 1 fully saturated rings. The molecule has 0 spiro atoms. The molecule has 2 radical (unpaired) electrons. The van der Waals surface area contributed by atoms with Gasteiger partial charge in [-0.2, -0.15) is 0 Å². The van der Waals surface area contributed by atoms with Crippen LogP contribution in [0.1, 0.15) is 47.5 Å². The van der Waals surface area contributed by atoms with Crippen molar-refractivity contribution in [3.63, 3.8) is 0 Å². The maximum atomic E-state index is 7.00. The fourth-order valence-electron chi connectivity index (χ4n) is 1.59. The molecule has 1 heterocycles. The van der Waals surface area contributed by atoms with Gasteiger partial charge >= 0.3 is 0 Å². The molecular weight excluding hydrogens is 370 g/mol. The van der Waals surface area contributed by atoms with Crippen LogP contribution >= 0.6 is 41.4 Å². The Morgan fingerprint density at radius 1 is 1.17 bits per heavy atom. The summed E-state index contributed by atoms with van der Waals surface area (Å²) in [5.74, 6) is 0. The van der Waals surface area contributed by atoms with Gasteiger partial charge in [0.05, 0.1) is 20.6 Å². The molecule has 2 N–H and O–H groups in total. The van der Waals surface area contributed by atoms with Gasteiger partial charge in [0, 0.05) is 24.2 Å². The summed E-state index contributed by atoms with van der Waals surface area (Å²) in [4.78, 5) is 0. The summed E-state index contributed by atoms with van der Waals surface area (Å²) in [6.07, 6.45) is 2.89. The van der Waals surface area contributed by atoms with Gasteiger partial charge in [0.1, 0.15) is 0 Å². The lowest BCUT2D eigenvalue weighted by molar-refractivity contribution is 0.163. The monoisotopic (exact) mass is 404 g/mol. The fourth-order valence-corrected chi connectivity index (χ4v) is 6.40. The normalized spacial score (nSPS) is 22.5. The van der Waals surface area contributed by atoms with Crippen molar-refractivity contribution in [1.82, 2.24) is 0 Å². The molecule has 1 aliphatic rings. The highest BCUT2D eigenvalue weighted by Crippen LogP contribution is 2.57. The summed E-state index contributed by atoms with van der Waals surface area (Å²) in [6, 6.07) is 0. The molecule has 0 bridgehead atoms. The molecule has 4 nitrogen and oxygen atoms in total. The van der Waals surface area contributed by atoms with Gasteiger partial charge in [-0.15, -0.1) is 0 Å². The average Bonchev–Trinajstić information content (AvgIpc) is 2.84. The third-order valence-corrected chi connectivity index (χ3v) is 7.77. The lowest BCUT2D eigenvalue weighted by Gasteiger charge is -2.28. The van der Waals surface area contributed by atoms with Gasteiger partial charge in [-0.25, -0.2) is 0 Å². The van der Waals surface area contributed by atoms with Crippen LogP contribution in [0.5, 0.6) is 0 Å². The van der Waals surface area contributed by atoms with E-state index in [9.17, 15) is 0 Å². The van der Waals surface area contributed by atoms with Crippen LogP contribution < -0.4 is 0 Å². The minimum Gasteiger partial charge on any atom is -0.400 e. The Hall–Kier alpha value is 1.38. The van der Waals surface area contributed by atoms with E-state index in [4.69, 9.17) is 27.1 Å². The number of hydrogen-bond acceptors (Lipinski definition) is 7. The van der Waals surface area contributed by atoms with Crippen molar-refractivity contribution in [2.45, 2.75) is 69.9 Å². The zero-order valence-corrected chi connectivity index (χ0v) is 18.9. The zero-order valence-electron chi connectivity index (χ0n) is 15.5. The van der Waals surface area contributed by atoms with E-state index in [0.717, 1.165) is 27.1 Å². The van der Waals surface area contributed by atoms with Crippen molar-refractivity contribution < 1.29 is 19.3 Å². The van der Waals surface area contributed by atoms with Crippen LogP contribution in [0.3, 0.4) is 0 Å². The Labute approximate surface area is 159 Å². The first-order valence-corrected chi connectivity index (χ1v) is 12.2. The van der Waals surface area contributed by atoms with Crippen molar-refractivity contribution in [1.29, 1.82) is 0 Å². The Kier molecular flexibility index (Phi) is 25.0. The van der Waals surface area contributed by atoms with Gasteiger partial charge in [-0.05, 0) is 27.2 Å². The number of unbranched alkanes of at least 4 members (excludes halogenated alkanes) is 1. The summed E-state index contributed by atoms with van der Waals surface area (Å²) in [5, 5.41) is 14.5. The molecule has 9 heteroatoms. The van der Waals surface area contributed by atoms with Crippen LogP contribution in [0.2, 0.25) is 6.32 Å². The molecule has 0 aliphatic carbocycles. The first-order valence-electron chi connectivity index (χ1n) is 7.70. The van der Waals surface area contributed by atoms with Crippen LogP contribution in [-0.4, -0.2) is 55.0 Å². The van der Waals surface area contributed by atoms with E-state index in [-0.39, 0.29) is 10.9 Å². The van der Waals surface area contributed by atoms with Crippen molar-refractivity contribution >= 4 is 49.3 Å². The Balaban J connectivity index is -0.000000595. The van der Waals surface area contributed by atoms with Crippen molar-refractivity contribution in [2.24, 2.45) is 0 Å². The number of thiol groups is 1. The molecular formula is C14H34BO4PS3. The average molecular weight is 404 g/mol. The minimum absolute atomic E-state index is 0.133. The van der Waals surface area contributed by atoms with Gasteiger partial charge < -0.3 is 19.3 Å². The highest BCUT2D eigenvalue weighted by molar-refractivity contribution is 8.77. The molecule has 0 aromatic rings. The third kappa shape index (κ3) is 14.3. The second kappa shape index (κ2) is 19.7. The van der Waals surface area contributed by atoms with Crippen molar-refractivity contribution in [3.8, 4) is 0 Å². The first-order chi connectivity index (χ1) is 11.0. The number of hydrogen-bond donors (Lipinski definition) is 3. The van der Waals surface area contributed by atoms with Crippen molar-refractivity contribution in [3.05, 3.63) is 0 Å². The second-order valence-electron chi connectivity index (χ2n) is 4.58. The Morgan fingerprint density at radius 2 is 1.70 bits per heavy atom. The number of aliphatic hydroxyl groups excluding tert-OH is 2. The molecule has 0 aromatic heterocycles.